The van der Waals surface area contributed by atoms with Crippen molar-refractivity contribution in [3.05, 3.63) is 11.9 Å². The zero-order valence-corrected chi connectivity index (χ0v) is 12.0. The summed E-state index contributed by atoms with van der Waals surface area (Å²) in [4.78, 5) is 24.3. The van der Waals surface area contributed by atoms with E-state index in [0.717, 1.165) is 18.8 Å². The Morgan fingerprint density at radius 1 is 1.60 bits per heavy atom. The van der Waals surface area contributed by atoms with Crippen molar-refractivity contribution in [1.29, 1.82) is 0 Å². The lowest BCUT2D eigenvalue weighted by atomic mass is 10.4. The number of urea groups is 1. The molecule has 1 atom stereocenters. The molecule has 20 heavy (non-hydrogen) atoms. The van der Waals surface area contributed by atoms with Gasteiger partial charge >= 0.3 is 12.0 Å². The zero-order valence-electron chi connectivity index (χ0n) is 11.2. The van der Waals surface area contributed by atoms with Crippen molar-refractivity contribution in [1.82, 2.24) is 25.2 Å². The van der Waals surface area contributed by atoms with Gasteiger partial charge in [0.15, 0.2) is 0 Å². The number of hydrogen-bond donors (Lipinski definition) is 2. The highest BCUT2D eigenvalue weighted by molar-refractivity contribution is 7.99. The first-order valence-electron chi connectivity index (χ1n) is 6.30. The molecule has 1 aromatic rings. The third-order valence-electron chi connectivity index (χ3n) is 2.83. The predicted molar refractivity (Wildman–Crippen MR) is 73.4 cm³/mol. The van der Waals surface area contributed by atoms with Crippen molar-refractivity contribution in [2.24, 2.45) is 0 Å². The van der Waals surface area contributed by atoms with Gasteiger partial charge < -0.3 is 15.3 Å². The highest BCUT2D eigenvalue weighted by Gasteiger charge is 2.21. The molecule has 2 amide bonds. The molecule has 1 aliphatic heterocycles. The van der Waals surface area contributed by atoms with Crippen LogP contribution in [-0.4, -0.2) is 61.1 Å². The van der Waals surface area contributed by atoms with E-state index in [1.807, 2.05) is 11.8 Å². The van der Waals surface area contributed by atoms with Crippen molar-refractivity contribution < 1.29 is 14.7 Å². The Morgan fingerprint density at radius 3 is 3.10 bits per heavy atom. The molecule has 0 aliphatic carbocycles. The maximum atomic E-state index is 12.0. The average molecular weight is 299 g/mol. The second-order valence-corrected chi connectivity index (χ2v) is 6.13. The number of carboxylic acids is 1. The first kappa shape index (κ1) is 14.6. The van der Waals surface area contributed by atoms with E-state index in [-0.39, 0.29) is 19.1 Å². The summed E-state index contributed by atoms with van der Waals surface area (Å²) in [5.74, 6) is -0.0334. The van der Waals surface area contributed by atoms with Crippen molar-refractivity contribution >= 4 is 23.8 Å². The van der Waals surface area contributed by atoms with Crippen LogP contribution >= 0.6 is 11.8 Å². The number of nitrogens with one attached hydrogen (secondary N) is 1. The van der Waals surface area contributed by atoms with E-state index < -0.39 is 5.97 Å². The van der Waals surface area contributed by atoms with Gasteiger partial charge in [0, 0.05) is 24.1 Å². The van der Waals surface area contributed by atoms with Crippen molar-refractivity contribution in [3.8, 4) is 0 Å². The Hall–Kier alpha value is -1.77. The molecule has 1 aromatic heterocycles. The van der Waals surface area contributed by atoms with Gasteiger partial charge in [-0.25, -0.2) is 9.48 Å². The van der Waals surface area contributed by atoms with Gasteiger partial charge in [0.1, 0.15) is 12.2 Å². The maximum absolute atomic E-state index is 12.0. The number of carbonyl (C=O) groups is 2. The molecule has 2 heterocycles. The number of carbonyl (C=O) groups excluding carboxylic acids is 1. The molecule has 0 saturated carbocycles. The molecule has 9 heteroatoms. The Balaban J connectivity index is 1.80. The second kappa shape index (κ2) is 6.60. The SMILES string of the molecule is CC1CN(C(=O)NCc2cn(CC(=O)O)nn2)CCS1. The zero-order chi connectivity index (χ0) is 14.5. The predicted octanol–water partition coefficient (Wildman–Crippen LogP) is 0.00960. The van der Waals surface area contributed by atoms with E-state index in [1.165, 1.54) is 10.9 Å². The largest absolute Gasteiger partial charge is 0.480 e. The summed E-state index contributed by atoms with van der Waals surface area (Å²) in [5, 5.41) is 19.3. The van der Waals surface area contributed by atoms with E-state index in [4.69, 9.17) is 5.11 Å². The van der Waals surface area contributed by atoms with Gasteiger partial charge in [-0.1, -0.05) is 12.1 Å². The van der Waals surface area contributed by atoms with Crippen LogP contribution in [0, 0.1) is 0 Å². The van der Waals surface area contributed by atoms with E-state index in [0.29, 0.717) is 10.9 Å². The molecule has 1 fully saturated rings. The van der Waals surface area contributed by atoms with Crippen LogP contribution in [0.4, 0.5) is 4.79 Å². The van der Waals surface area contributed by atoms with Crippen LogP contribution < -0.4 is 5.32 Å². The van der Waals surface area contributed by atoms with Gasteiger partial charge in [-0.15, -0.1) is 5.10 Å². The number of aliphatic carboxylic acids is 1. The highest BCUT2D eigenvalue weighted by Crippen LogP contribution is 2.17. The van der Waals surface area contributed by atoms with Gasteiger partial charge in [-0.3, -0.25) is 4.79 Å². The Bertz CT molecular complexity index is 492. The molecule has 0 spiro atoms. The Morgan fingerprint density at radius 2 is 2.40 bits per heavy atom. The molecule has 8 nitrogen and oxygen atoms in total. The smallest absolute Gasteiger partial charge is 0.325 e. The van der Waals surface area contributed by atoms with Crippen LogP contribution in [0.1, 0.15) is 12.6 Å². The molecule has 2 rings (SSSR count). The first-order chi connectivity index (χ1) is 9.54. The fourth-order valence-electron chi connectivity index (χ4n) is 1.92. The van der Waals surface area contributed by atoms with Gasteiger partial charge in [-0.05, 0) is 0 Å². The molecule has 1 aliphatic rings. The lowest BCUT2D eigenvalue weighted by Crippen LogP contribution is -2.46. The molecule has 0 radical (unpaired) electrons. The summed E-state index contributed by atoms with van der Waals surface area (Å²) >= 11 is 1.86. The third kappa shape index (κ3) is 4.12. The van der Waals surface area contributed by atoms with E-state index >= 15 is 0 Å². The number of aromatic nitrogens is 3. The second-order valence-electron chi connectivity index (χ2n) is 4.59. The van der Waals surface area contributed by atoms with Crippen LogP contribution in [0.5, 0.6) is 0 Å². The summed E-state index contributed by atoms with van der Waals surface area (Å²) in [7, 11) is 0. The van der Waals surface area contributed by atoms with Crippen molar-refractivity contribution in [2.45, 2.75) is 25.3 Å². The number of carboxylic acid groups (broad SMARTS) is 1. The van der Waals surface area contributed by atoms with Crippen LogP contribution in [0.15, 0.2) is 6.20 Å². The molecular formula is C11H17N5O3S. The number of thioether (sulfide) groups is 1. The monoisotopic (exact) mass is 299 g/mol. The van der Waals surface area contributed by atoms with E-state index in [9.17, 15) is 9.59 Å². The number of hydrogen-bond acceptors (Lipinski definition) is 5. The lowest BCUT2D eigenvalue weighted by Gasteiger charge is -2.30. The number of rotatable bonds is 4. The highest BCUT2D eigenvalue weighted by atomic mass is 32.2. The fourth-order valence-corrected chi connectivity index (χ4v) is 2.93. The third-order valence-corrected chi connectivity index (χ3v) is 3.97. The summed E-state index contributed by atoms with van der Waals surface area (Å²) in [6.45, 7) is 3.59. The van der Waals surface area contributed by atoms with E-state index in [2.05, 4.69) is 22.6 Å². The molecule has 110 valence electrons. The van der Waals surface area contributed by atoms with Crippen molar-refractivity contribution in [2.75, 3.05) is 18.8 Å². The van der Waals surface area contributed by atoms with Crippen LogP contribution in [0.25, 0.3) is 0 Å². The molecule has 0 bridgehead atoms. The lowest BCUT2D eigenvalue weighted by molar-refractivity contribution is -0.137. The first-order valence-corrected chi connectivity index (χ1v) is 7.34. The van der Waals surface area contributed by atoms with Crippen LogP contribution in [0.3, 0.4) is 0 Å². The van der Waals surface area contributed by atoms with Crippen molar-refractivity contribution in [3.63, 3.8) is 0 Å². The molecule has 1 unspecified atom stereocenters. The maximum Gasteiger partial charge on any atom is 0.325 e. The van der Waals surface area contributed by atoms with Gasteiger partial charge in [0.05, 0.1) is 12.7 Å². The number of nitrogens with zero attached hydrogens (tertiary/aromatic N) is 4. The van der Waals surface area contributed by atoms with Gasteiger partial charge in [0.2, 0.25) is 0 Å². The average Bonchev–Trinajstić information content (AvgIpc) is 2.82. The Kier molecular flexibility index (Phi) is 4.83. The molecular weight excluding hydrogens is 282 g/mol. The Labute approximate surface area is 120 Å². The van der Waals surface area contributed by atoms with Gasteiger partial charge in [0.25, 0.3) is 0 Å². The summed E-state index contributed by atoms with van der Waals surface area (Å²) in [6.07, 6.45) is 1.52. The normalized spacial score (nSPS) is 18.9. The van der Waals surface area contributed by atoms with Crippen LogP contribution in [-0.2, 0) is 17.9 Å². The fraction of sp³-hybridized carbons (Fsp3) is 0.636. The standard InChI is InChI=1S/C11H17N5O3S/c1-8-5-15(2-3-20-8)11(19)12-4-9-6-16(14-13-9)7-10(17)18/h6,8H,2-5,7H2,1H3,(H,12,19)(H,17,18). The minimum atomic E-state index is -0.981. The van der Waals surface area contributed by atoms with Gasteiger partial charge in [-0.2, -0.15) is 11.8 Å². The summed E-state index contributed by atoms with van der Waals surface area (Å²) < 4.78 is 1.23. The molecule has 0 aromatic carbocycles. The minimum absolute atomic E-state index is 0.120. The summed E-state index contributed by atoms with van der Waals surface area (Å²) in [5.41, 5.74) is 0.541. The molecule has 1 saturated heterocycles. The topological polar surface area (TPSA) is 100 Å². The molecule has 2 N–H and O–H groups in total. The minimum Gasteiger partial charge on any atom is -0.480 e. The quantitative estimate of drug-likeness (QED) is 0.812. The van der Waals surface area contributed by atoms with Crippen LogP contribution in [0.2, 0.25) is 0 Å². The summed E-state index contributed by atoms with van der Waals surface area (Å²) in [6, 6.07) is -0.120. The van der Waals surface area contributed by atoms with E-state index in [1.54, 1.807) is 4.90 Å². The number of amides is 2.